The van der Waals surface area contributed by atoms with Gasteiger partial charge in [0.05, 0.1) is 5.75 Å². The maximum Gasteiger partial charge on any atom is 0.173 e. The number of thioether (sulfide) groups is 1. The maximum atomic E-state index is 11.9. The molecule has 3 nitrogen and oxygen atoms in total. The molecule has 0 atom stereocenters. The Bertz CT molecular complexity index is 534. The van der Waals surface area contributed by atoms with Crippen LogP contribution in [0.3, 0.4) is 0 Å². The summed E-state index contributed by atoms with van der Waals surface area (Å²) in [6, 6.07) is 7.65. The molecule has 0 amide bonds. The Hall–Kier alpha value is -1.20. The number of ketones is 1. The number of nitrogens with zero attached hydrogens (tertiary/aromatic N) is 2. The second-order valence-corrected chi connectivity index (χ2v) is 5.88. The van der Waals surface area contributed by atoms with Crippen LogP contribution < -0.4 is 0 Å². The van der Waals surface area contributed by atoms with Gasteiger partial charge in [0.15, 0.2) is 10.1 Å². The zero-order valence-corrected chi connectivity index (χ0v) is 12.0. The van der Waals surface area contributed by atoms with Gasteiger partial charge >= 0.3 is 0 Å². The molecule has 0 fully saturated rings. The molecule has 0 aliphatic heterocycles. The summed E-state index contributed by atoms with van der Waals surface area (Å²) < 4.78 is 5.06. The number of Topliss-reactive ketones (excluding diaryl/α,β-unsaturated/α-hetero) is 1. The molecule has 0 radical (unpaired) electrons. The molecule has 1 aromatic heterocycles. The van der Waals surface area contributed by atoms with Gasteiger partial charge in [-0.15, -0.1) is 0 Å². The van der Waals surface area contributed by atoms with Crippen molar-refractivity contribution in [2.45, 2.75) is 24.6 Å². The van der Waals surface area contributed by atoms with Crippen LogP contribution in [0.4, 0.5) is 0 Å². The molecule has 1 heterocycles. The molecule has 2 aromatic rings. The zero-order valence-electron chi connectivity index (χ0n) is 10.3. The Morgan fingerprint density at radius 3 is 2.67 bits per heavy atom. The molecular formula is C13H14N2OS2. The molecule has 2 rings (SSSR count). The van der Waals surface area contributed by atoms with Crippen molar-refractivity contribution in [3.05, 3.63) is 41.2 Å². The van der Waals surface area contributed by atoms with E-state index in [-0.39, 0.29) is 5.78 Å². The van der Waals surface area contributed by atoms with Crippen LogP contribution in [0, 0.1) is 6.92 Å². The van der Waals surface area contributed by atoms with E-state index >= 15 is 0 Å². The van der Waals surface area contributed by atoms with E-state index in [1.54, 1.807) is 0 Å². The SMILES string of the molecule is CCc1nsc(SCC(=O)c2ccc(C)cc2)n1. The van der Waals surface area contributed by atoms with Crippen LogP contribution in [0.15, 0.2) is 28.6 Å². The monoisotopic (exact) mass is 278 g/mol. The van der Waals surface area contributed by atoms with Gasteiger partial charge in [0.2, 0.25) is 0 Å². The highest BCUT2D eigenvalue weighted by molar-refractivity contribution is 8.01. The second-order valence-electron chi connectivity index (χ2n) is 3.91. The molecular weight excluding hydrogens is 264 g/mol. The number of carbonyl (C=O) groups excluding carboxylic acids is 1. The third kappa shape index (κ3) is 3.40. The normalized spacial score (nSPS) is 10.6. The van der Waals surface area contributed by atoms with Crippen LogP contribution in [0.25, 0.3) is 0 Å². The molecule has 0 spiro atoms. The Labute approximate surface area is 115 Å². The summed E-state index contributed by atoms with van der Waals surface area (Å²) in [4.78, 5) is 16.3. The van der Waals surface area contributed by atoms with Crippen LogP contribution >= 0.6 is 23.3 Å². The third-order valence-corrected chi connectivity index (χ3v) is 4.34. The first-order valence-electron chi connectivity index (χ1n) is 5.74. The highest BCUT2D eigenvalue weighted by Crippen LogP contribution is 2.21. The van der Waals surface area contributed by atoms with Crippen molar-refractivity contribution in [1.82, 2.24) is 9.36 Å². The number of hydrogen-bond donors (Lipinski definition) is 0. The van der Waals surface area contributed by atoms with Crippen LogP contribution in [0.1, 0.15) is 28.7 Å². The molecule has 0 N–H and O–H groups in total. The summed E-state index contributed by atoms with van der Waals surface area (Å²) in [5, 5.41) is 0. The largest absolute Gasteiger partial charge is 0.293 e. The van der Waals surface area contributed by atoms with Crippen molar-refractivity contribution in [1.29, 1.82) is 0 Å². The number of benzene rings is 1. The molecule has 1 aromatic carbocycles. The molecule has 0 aliphatic carbocycles. The van der Waals surface area contributed by atoms with Crippen molar-refractivity contribution in [2.75, 3.05) is 5.75 Å². The minimum atomic E-state index is 0.133. The number of aromatic nitrogens is 2. The minimum Gasteiger partial charge on any atom is -0.293 e. The summed E-state index contributed by atoms with van der Waals surface area (Å²) >= 11 is 2.82. The first-order chi connectivity index (χ1) is 8.69. The van der Waals surface area contributed by atoms with Gasteiger partial charge in [-0.2, -0.15) is 4.37 Å². The van der Waals surface area contributed by atoms with Gasteiger partial charge in [0.25, 0.3) is 0 Å². The van der Waals surface area contributed by atoms with E-state index < -0.39 is 0 Å². The second kappa shape index (κ2) is 6.11. The number of rotatable bonds is 5. The lowest BCUT2D eigenvalue weighted by Gasteiger charge is -1.99. The number of hydrogen-bond acceptors (Lipinski definition) is 5. The predicted octanol–water partition coefficient (Wildman–Crippen LogP) is 3.38. The Kier molecular flexibility index (Phi) is 4.49. The molecule has 0 saturated carbocycles. The summed E-state index contributed by atoms with van der Waals surface area (Å²) in [5.41, 5.74) is 1.92. The maximum absolute atomic E-state index is 11.9. The Morgan fingerprint density at radius 1 is 1.33 bits per heavy atom. The van der Waals surface area contributed by atoms with Crippen LogP contribution in [-0.2, 0) is 6.42 Å². The first kappa shape index (κ1) is 13.2. The van der Waals surface area contributed by atoms with Crippen molar-refractivity contribution < 1.29 is 4.79 Å². The van der Waals surface area contributed by atoms with Gasteiger partial charge in [-0.05, 0) is 18.5 Å². The minimum absolute atomic E-state index is 0.133. The number of carbonyl (C=O) groups is 1. The smallest absolute Gasteiger partial charge is 0.173 e. The topological polar surface area (TPSA) is 42.9 Å². The van der Waals surface area contributed by atoms with E-state index in [9.17, 15) is 4.79 Å². The van der Waals surface area contributed by atoms with Crippen LogP contribution in [0.5, 0.6) is 0 Å². The van der Waals surface area contributed by atoms with Gasteiger partial charge in [0.1, 0.15) is 5.82 Å². The van der Waals surface area contributed by atoms with E-state index in [2.05, 4.69) is 9.36 Å². The predicted molar refractivity (Wildman–Crippen MR) is 75.5 cm³/mol. The number of aryl methyl sites for hydroxylation is 2. The molecule has 0 unspecified atom stereocenters. The fourth-order valence-electron chi connectivity index (χ4n) is 1.39. The molecule has 0 bridgehead atoms. The Balaban J connectivity index is 1.93. The Morgan fingerprint density at radius 2 is 2.06 bits per heavy atom. The zero-order chi connectivity index (χ0) is 13.0. The van der Waals surface area contributed by atoms with E-state index in [1.165, 1.54) is 23.3 Å². The van der Waals surface area contributed by atoms with Crippen LogP contribution in [-0.4, -0.2) is 20.9 Å². The summed E-state index contributed by atoms with van der Waals surface area (Å²) in [6.45, 7) is 4.03. The highest BCUT2D eigenvalue weighted by atomic mass is 32.2. The van der Waals surface area contributed by atoms with Gasteiger partial charge in [-0.1, -0.05) is 48.5 Å². The molecule has 0 aliphatic rings. The average molecular weight is 278 g/mol. The van der Waals surface area contributed by atoms with E-state index in [1.807, 2.05) is 38.1 Å². The first-order valence-corrected chi connectivity index (χ1v) is 7.50. The van der Waals surface area contributed by atoms with Gasteiger partial charge in [-0.3, -0.25) is 4.79 Å². The van der Waals surface area contributed by atoms with E-state index in [0.717, 1.165) is 27.7 Å². The van der Waals surface area contributed by atoms with Crippen molar-refractivity contribution in [2.24, 2.45) is 0 Å². The summed E-state index contributed by atoms with van der Waals surface area (Å²) in [6.07, 6.45) is 0.836. The fraction of sp³-hybridized carbons (Fsp3) is 0.308. The summed E-state index contributed by atoms with van der Waals surface area (Å²) in [7, 11) is 0. The molecule has 0 saturated heterocycles. The van der Waals surface area contributed by atoms with E-state index in [0.29, 0.717) is 5.75 Å². The van der Waals surface area contributed by atoms with Crippen molar-refractivity contribution >= 4 is 29.1 Å². The average Bonchev–Trinajstić information content (AvgIpc) is 2.85. The molecule has 5 heteroatoms. The molecule has 94 valence electrons. The van der Waals surface area contributed by atoms with Gasteiger partial charge in [-0.25, -0.2) is 4.98 Å². The molecule has 18 heavy (non-hydrogen) atoms. The lowest BCUT2D eigenvalue weighted by molar-refractivity contribution is 0.102. The fourth-order valence-corrected chi connectivity index (χ4v) is 2.98. The van der Waals surface area contributed by atoms with Gasteiger partial charge < -0.3 is 0 Å². The third-order valence-electron chi connectivity index (χ3n) is 2.47. The van der Waals surface area contributed by atoms with Crippen LogP contribution in [0.2, 0.25) is 0 Å². The van der Waals surface area contributed by atoms with Gasteiger partial charge in [0, 0.05) is 12.0 Å². The lowest BCUT2D eigenvalue weighted by Crippen LogP contribution is -2.01. The van der Waals surface area contributed by atoms with Crippen molar-refractivity contribution in [3.8, 4) is 0 Å². The standard InChI is InChI=1S/C13H14N2OS2/c1-3-12-14-13(18-15-12)17-8-11(16)10-6-4-9(2)5-7-10/h4-7H,3,8H2,1-2H3. The van der Waals surface area contributed by atoms with E-state index in [4.69, 9.17) is 0 Å². The lowest BCUT2D eigenvalue weighted by atomic mass is 10.1. The highest BCUT2D eigenvalue weighted by Gasteiger charge is 2.09. The quantitative estimate of drug-likeness (QED) is 0.621. The summed E-state index contributed by atoms with van der Waals surface area (Å²) in [5.74, 6) is 1.40. The van der Waals surface area contributed by atoms with Crippen molar-refractivity contribution in [3.63, 3.8) is 0 Å².